The third kappa shape index (κ3) is 1.86. The second kappa shape index (κ2) is 4.73. The monoisotopic (exact) mass is 289 g/mol. The van der Waals surface area contributed by atoms with Crippen LogP contribution in [0.1, 0.15) is 78.1 Å². The molecule has 0 unspecified atom stereocenters. The number of nitrogens with zero attached hydrogens (tertiary/aromatic N) is 1. The van der Waals surface area contributed by atoms with Gasteiger partial charge >= 0.3 is 0 Å². The summed E-state index contributed by atoms with van der Waals surface area (Å²) in [5.41, 5.74) is 2.16. The molecule has 0 spiro atoms. The minimum atomic E-state index is 0.431. The average Bonchev–Trinajstić information content (AvgIpc) is 2.83. The standard InChI is InChI=1S/C19H31NO/c1-18-11-8-15-14(17(18)16(20-21)9-12-18)7-6-13-5-3-4-10-19(13,15)2/h13-15,17,21H,3-12H2,1-2H3/b20-16+/t13-,14-,15+,17-,18-,19+/m1/s1. The molecular weight excluding hydrogens is 258 g/mol. The molecule has 6 atom stereocenters. The Labute approximate surface area is 129 Å². The van der Waals surface area contributed by atoms with E-state index in [2.05, 4.69) is 19.0 Å². The molecule has 0 aromatic carbocycles. The molecule has 0 aliphatic heterocycles. The summed E-state index contributed by atoms with van der Waals surface area (Å²) in [7, 11) is 0. The van der Waals surface area contributed by atoms with Crippen LogP contribution in [0.4, 0.5) is 0 Å². The van der Waals surface area contributed by atoms with Crippen molar-refractivity contribution >= 4 is 5.71 Å². The van der Waals surface area contributed by atoms with Gasteiger partial charge in [-0.05, 0) is 80.0 Å². The van der Waals surface area contributed by atoms with Crippen molar-refractivity contribution < 1.29 is 5.21 Å². The maximum Gasteiger partial charge on any atom is 0.0610 e. The Morgan fingerprint density at radius 3 is 2.67 bits per heavy atom. The molecule has 118 valence electrons. The van der Waals surface area contributed by atoms with Crippen LogP contribution in [0.3, 0.4) is 0 Å². The molecule has 0 aromatic rings. The molecule has 4 aliphatic carbocycles. The molecule has 4 aliphatic rings. The second-order valence-electron chi connectivity index (χ2n) is 9.06. The second-order valence-corrected chi connectivity index (χ2v) is 9.06. The summed E-state index contributed by atoms with van der Waals surface area (Å²) in [5, 5.41) is 13.2. The van der Waals surface area contributed by atoms with Gasteiger partial charge in [0.25, 0.3) is 0 Å². The third-order valence-electron chi connectivity index (χ3n) is 8.31. The average molecular weight is 289 g/mol. The normalized spacial score (nSPS) is 54.9. The van der Waals surface area contributed by atoms with Crippen LogP contribution in [0.25, 0.3) is 0 Å². The lowest BCUT2D eigenvalue weighted by Gasteiger charge is -2.59. The highest BCUT2D eigenvalue weighted by molar-refractivity contribution is 5.89. The molecule has 0 heterocycles. The fourth-order valence-corrected chi connectivity index (χ4v) is 7.19. The molecule has 21 heavy (non-hydrogen) atoms. The lowest BCUT2D eigenvalue weighted by molar-refractivity contribution is -0.0911. The lowest BCUT2D eigenvalue weighted by atomic mass is 9.45. The van der Waals surface area contributed by atoms with Gasteiger partial charge in [-0.25, -0.2) is 0 Å². The van der Waals surface area contributed by atoms with Gasteiger partial charge in [0.2, 0.25) is 0 Å². The smallest absolute Gasteiger partial charge is 0.0610 e. The van der Waals surface area contributed by atoms with Crippen molar-refractivity contribution in [2.24, 2.45) is 39.7 Å². The molecule has 0 radical (unpaired) electrons. The number of oxime groups is 1. The van der Waals surface area contributed by atoms with E-state index in [1.807, 2.05) is 0 Å². The van der Waals surface area contributed by atoms with E-state index in [0.717, 1.165) is 29.9 Å². The van der Waals surface area contributed by atoms with Crippen LogP contribution in [-0.2, 0) is 0 Å². The topological polar surface area (TPSA) is 32.6 Å². The van der Waals surface area contributed by atoms with Gasteiger partial charge in [0.15, 0.2) is 0 Å². The summed E-state index contributed by atoms with van der Waals surface area (Å²) >= 11 is 0. The number of rotatable bonds is 0. The summed E-state index contributed by atoms with van der Waals surface area (Å²) in [5.74, 6) is 3.26. The molecular formula is C19H31NO. The van der Waals surface area contributed by atoms with E-state index in [1.54, 1.807) is 0 Å². The Balaban J connectivity index is 1.69. The fourth-order valence-electron chi connectivity index (χ4n) is 7.19. The third-order valence-corrected chi connectivity index (χ3v) is 8.31. The first kappa shape index (κ1) is 14.1. The van der Waals surface area contributed by atoms with Crippen molar-refractivity contribution in [3.63, 3.8) is 0 Å². The summed E-state index contributed by atoms with van der Waals surface area (Å²) in [6.45, 7) is 5.09. The van der Waals surface area contributed by atoms with Crippen LogP contribution in [-0.4, -0.2) is 10.9 Å². The van der Waals surface area contributed by atoms with Gasteiger partial charge in [0.1, 0.15) is 0 Å². The van der Waals surface area contributed by atoms with E-state index < -0.39 is 0 Å². The maximum absolute atomic E-state index is 9.49. The first-order valence-electron chi connectivity index (χ1n) is 9.29. The zero-order valence-corrected chi connectivity index (χ0v) is 13.8. The van der Waals surface area contributed by atoms with Crippen molar-refractivity contribution in [2.45, 2.75) is 78.1 Å². The minimum Gasteiger partial charge on any atom is -0.411 e. The van der Waals surface area contributed by atoms with Crippen molar-refractivity contribution in [2.75, 3.05) is 0 Å². The Kier molecular flexibility index (Phi) is 3.17. The van der Waals surface area contributed by atoms with Gasteiger partial charge in [0.05, 0.1) is 5.71 Å². The summed E-state index contributed by atoms with van der Waals surface area (Å²) in [6, 6.07) is 0. The molecule has 4 rings (SSSR count). The van der Waals surface area contributed by atoms with E-state index >= 15 is 0 Å². The van der Waals surface area contributed by atoms with Crippen molar-refractivity contribution in [1.29, 1.82) is 0 Å². The Morgan fingerprint density at radius 1 is 1.00 bits per heavy atom. The highest BCUT2D eigenvalue weighted by Gasteiger charge is 2.59. The van der Waals surface area contributed by atoms with Gasteiger partial charge in [-0.2, -0.15) is 0 Å². The molecule has 1 N–H and O–H groups in total. The van der Waals surface area contributed by atoms with Crippen LogP contribution in [0.2, 0.25) is 0 Å². The van der Waals surface area contributed by atoms with Crippen LogP contribution >= 0.6 is 0 Å². The predicted molar refractivity (Wildman–Crippen MR) is 85.6 cm³/mol. The lowest BCUT2D eigenvalue weighted by Crippen LogP contribution is -2.53. The number of fused-ring (bicyclic) bond motifs is 5. The Bertz CT molecular complexity index is 458. The Morgan fingerprint density at radius 2 is 1.86 bits per heavy atom. The minimum absolute atomic E-state index is 0.431. The van der Waals surface area contributed by atoms with Crippen molar-refractivity contribution in [1.82, 2.24) is 0 Å². The molecule has 2 nitrogen and oxygen atoms in total. The SMILES string of the molecule is C[C@@]12CC/C(=N\O)[C@H]1[C@@H]1CC[C@H]3CCCC[C@]3(C)[C@H]1CC2. The van der Waals surface area contributed by atoms with Gasteiger partial charge in [-0.3, -0.25) is 0 Å². The van der Waals surface area contributed by atoms with Gasteiger partial charge in [-0.1, -0.05) is 31.8 Å². The molecule has 2 heteroatoms. The van der Waals surface area contributed by atoms with Gasteiger partial charge in [0, 0.05) is 5.92 Å². The van der Waals surface area contributed by atoms with Crippen LogP contribution in [0, 0.1) is 34.5 Å². The van der Waals surface area contributed by atoms with Crippen molar-refractivity contribution in [3.8, 4) is 0 Å². The first-order chi connectivity index (χ1) is 10.1. The fraction of sp³-hybridized carbons (Fsp3) is 0.947. The van der Waals surface area contributed by atoms with E-state index in [0.29, 0.717) is 16.7 Å². The molecule has 4 fully saturated rings. The number of hydrogen-bond donors (Lipinski definition) is 1. The molecule has 0 amide bonds. The molecule has 0 aromatic heterocycles. The maximum atomic E-state index is 9.49. The van der Waals surface area contributed by atoms with E-state index in [-0.39, 0.29) is 0 Å². The van der Waals surface area contributed by atoms with E-state index in [9.17, 15) is 5.21 Å². The van der Waals surface area contributed by atoms with E-state index in [4.69, 9.17) is 0 Å². The summed E-state index contributed by atoms with van der Waals surface area (Å²) < 4.78 is 0. The molecule has 4 saturated carbocycles. The quantitative estimate of drug-likeness (QED) is 0.479. The molecule has 0 bridgehead atoms. The van der Waals surface area contributed by atoms with Gasteiger partial charge in [-0.15, -0.1) is 0 Å². The van der Waals surface area contributed by atoms with Crippen molar-refractivity contribution in [3.05, 3.63) is 0 Å². The summed E-state index contributed by atoms with van der Waals surface area (Å²) in [6.07, 6.45) is 13.7. The van der Waals surface area contributed by atoms with Crippen LogP contribution in [0.15, 0.2) is 5.16 Å². The van der Waals surface area contributed by atoms with Gasteiger partial charge < -0.3 is 5.21 Å². The number of hydrogen-bond acceptors (Lipinski definition) is 2. The zero-order valence-electron chi connectivity index (χ0n) is 13.8. The van der Waals surface area contributed by atoms with E-state index in [1.165, 1.54) is 57.8 Å². The largest absolute Gasteiger partial charge is 0.411 e. The highest BCUT2D eigenvalue weighted by atomic mass is 16.4. The van der Waals surface area contributed by atoms with Crippen LogP contribution in [0.5, 0.6) is 0 Å². The highest BCUT2D eigenvalue weighted by Crippen LogP contribution is 2.65. The van der Waals surface area contributed by atoms with Crippen LogP contribution < -0.4 is 0 Å². The zero-order chi connectivity index (χ0) is 14.7. The Hall–Kier alpha value is -0.530. The summed E-state index contributed by atoms with van der Waals surface area (Å²) in [4.78, 5) is 0. The molecule has 0 saturated heterocycles. The first-order valence-corrected chi connectivity index (χ1v) is 9.29. The predicted octanol–water partition coefficient (Wildman–Crippen LogP) is 5.25.